The standard InChI is InChI=1S/C17H23F4N3O3/c1-10(2)6-14(16(26)27-3)24-15(25)13(17(19,20)21)7-12(22-24)4-5-23-8-11(18)9-23/h7,10-11,14H,4-6,8-9H2,1-3H3/t14-/m0/s1. The van der Waals surface area contributed by atoms with Crippen molar-refractivity contribution in [1.29, 1.82) is 0 Å². The molecule has 6 nitrogen and oxygen atoms in total. The summed E-state index contributed by atoms with van der Waals surface area (Å²) in [5.74, 6) is -0.907. The van der Waals surface area contributed by atoms with Gasteiger partial charge in [-0.1, -0.05) is 13.8 Å². The zero-order valence-corrected chi connectivity index (χ0v) is 15.4. The summed E-state index contributed by atoms with van der Waals surface area (Å²) < 4.78 is 58.1. The molecular formula is C17H23F4N3O3. The van der Waals surface area contributed by atoms with Crippen LogP contribution in [0.5, 0.6) is 0 Å². The van der Waals surface area contributed by atoms with Crippen LogP contribution >= 0.6 is 0 Å². The molecule has 0 saturated carbocycles. The number of hydrogen-bond donors (Lipinski definition) is 0. The maximum absolute atomic E-state index is 13.3. The number of esters is 1. The van der Waals surface area contributed by atoms with E-state index in [1.165, 1.54) is 0 Å². The number of nitrogens with zero attached hydrogens (tertiary/aromatic N) is 3. The molecule has 1 saturated heterocycles. The fourth-order valence-electron chi connectivity index (χ4n) is 2.94. The van der Waals surface area contributed by atoms with E-state index in [0.29, 0.717) is 17.3 Å². The van der Waals surface area contributed by atoms with Crippen molar-refractivity contribution in [3.8, 4) is 0 Å². The van der Waals surface area contributed by atoms with Gasteiger partial charge in [-0.3, -0.25) is 9.69 Å². The number of aromatic nitrogens is 2. The summed E-state index contributed by atoms with van der Waals surface area (Å²) in [5.41, 5.74) is -2.74. The number of halogens is 4. The van der Waals surface area contributed by atoms with E-state index in [1.807, 2.05) is 0 Å². The third-order valence-corrected chi connectivity index (χ3v) is 4.35. The van der Waals surface area contributed by atoms with Gasteiger partial charge in [-0.25, -0.2) is 13.9 Å². The molecule has 2 heterocycles. The molecule has 152 valence electrons. The molecule has 0 spiro atoms. The lowest BCUT2D eigenvalue weighted by atomic mass is 10.0. The molecule has 1 aliphatic rings. The first-order valence-corrected chi connectivity index (χ1v) is 8.67. The van der Waals surface area contributed by atoms with Gasteiger partial charge in [0.2, 0.25) is 0 Å². The van der Waals surface area contributed by atoms with E-state index in [2.05, 4.69) is 9.84 Å². The highest BCUT2D eigenvalue weighted by atomic mass is 19.4. The summed E-state index contributed by atoms with van der Waals surface area (Å²) in [6, 6.07) is -0.544. The lowest BCUT2D eigenvalue weighted by molar-refractivity contribution is -0.147. The Balaban J connectivity index is 2.42. The molecular weight excluding hydrogens is 370 g/mol. The fraction of sp³-hybridized carbons (Fsp3) is 0.706. The Bertz CT molecular complexity index is 727. The van der Waals surface area contributed by atoms with Crippen LogP contribution < -0.4 is 5.56 Å². The van der Waals surface area contributed by atoms with Crippen LogP contribution in [-0.4, -0.2) is 53.6 Å². The number of carbonyl (C=O) groups excluding carboxylic acids is 1. The van der Waals surface area contributed by atoms with E-state index in [-0.39, 0.29) is 37.5 Å². The van der Waals surface area contributed by atoms with Gasteiger partial charge in [-0.05, 0) is 18.4 Å². The third kappa shape index (κ3) is 5.27. The lowest BCUT2D eigenvalue weighted by Crippen LogP contribution is -2.49. The quantitative estimate of drug-likeness (QED) is 0.525. The number of carbonyl (C=O) groups is 1. The van der Waals surface area contributed by atoms with E-state index in [9.17, 15) is 27.2 Å². The minimum absolute atomic E-state index is 0.0156. The lowest BCUT2D eigenvalue weighted by Gasteiger charge is -2.34. The first kappa shape index (κ1) is 21.3. The maximum Gasteiger partial charge on any atom is 0.421 e. The first-order valence-electron chi connectivity index (χ1n) is 8.67. The van der Waals surface area contributed by atoms with Gasteiger partial charge in [0, 0.05) is 26.1 Å². The summed E-state index contributed by atoms with van der Waals surface area (Å²) in [7, 11) is 1.10. The zero-order valence-electron chi connectivity index (χ0n) is 15.4. The molecule has 0 radical (unpaired) electrons. The normalized spacial score (nSPS) is 17.0. The van der Waals surface area contributed by atoms with E-state index in [4.69, 9.17) is 0 Å². The van der Waals surface area contributed by atoms with Crippen LogP contribution in [0.15, 0.2) is 10.9 Å². The Hall–Kier alpha value is -1.97. The summed E-state index contributed by atoms with van der Waals surface area (Å²) >= 11 is 0. The van der Waals surface area contributed by atoms with Crippen LogP contribution in [0, 0.1) is 5.92 Å². The fourth-order valence-corrected chi connectivity index (χ4v) is 2.94. The second kappa shape index (κ2) is 8.37. The number of ether oxygens (including phenoxy) is 1. The molecule has 10 heteroatoms. The second-order valence-corrected chi connectivity index (χ2v) is 7.07. The topological polar surface area (TPSA) is 64.4 Å². The average Bonchev–Trinajstić information content (AvgIpc) is 2.54. The van der Waals surface area contributed by atoms with Crippen LogP contribution in [0.25, 0.3) is 0 Å². The van der Waals surface area contributed by atoms with Crippen molar-refractivity contribution in [3.63, 3.8) is 0 Å². The van der Waals surface area contributed by atoms with Crippen molar-refractivity contribution in [3.05, 3.63) is 27.7 Å². The molecule has 1 atom stereocenters. The van der Waals surface area contributed by atoms with E-state index in [1.54, 1.807) is 18.7 Å². The molecule has 1 aliphatic heterocycles. The highest BCUT2D eigenvalue weighted by molar-refractivity contribution is 5.73. The molecule has 1 aromatic heterocycles. The molecule has 0 N–H and O–H groups in total. The Morgan fingerprint density at radius 3 is 2.48 bits per heavy atom. The number of hydrogen-bond acceptors (Lipinski definition) is 5. The molecule has 27 heavy (non-hydrogen) atoms. The van der Waals surface area contributed by atoms with E-state index >= 15 is 0 Å². The van der Waals surface area contributed by atoms with Gasteiger partial charge < -0.3 is 4.74 Å². The molecule has 0 aromatic carbocycles. The van der Waals surface area contributed by atoms with Crippen LogP contribution in [0.2, 0.25) is 0 Å². The second-order valence-electron chi connectivity index (χ2n) is 7.07. The highest BCUT2D eigenvalue weighted by Crippen LogP contribution is 2.28. The Morgan fingerprint density at radius 2 is 2.00 bits per heavy atom. The predicted molar refractivity (Wildman–Crippen MR) is 89.0 cm³/mol. The van der Waals surface area contributed by atoms with Crippen LogP contribution in [0.1, 0.15) is 37.6 Å². The van der Waals surface area contributed by atoms with Gasteiger partial charge >= 0.3 is 12.1 Å². The van der Waals surface area contributed by atoms with Gasteiger partial charge in [0.25, 0.3) is 5.56 Å². The van der Waals surface area contributed by atoms with Crippen molar-refractivity contribution in [2.45, 2.75) is 45.1 Å². The Kier molecular flexibility index (Phi) is 6.61. The Labute approximate surface area is 154 Å². The third-order valence-electron chi connectivity index (χ3n) is 4.35. The molecule has 2 rings (SSSR count). The van der Waals surface area contributed by atoms with Crippen LogP contribution in [0.4, 0.5) is 17.6 Å². The van der Waals surface area contributed by atoms with E-state index in [0.717, 1.165) is 7.11 Å². The Morgan fingerprint density at radius 1 is 1.37 bits per heavy atom. The minimum Gasteiger partial charge on any atom is -0.467 e. The van der Waals surface area contributed by atoms with Crippen LogP contribution in [0.3, 0.4) is 0 Å². The summed E-state index contributed by atoms with van der Waals surface area (Å²) in [6.45, 7) is 4.31. The number of rotatable bonds is 7. The van der Waals surface area contributed by atoms with Crippen molar-refractivity contribution in [2.75, 3.05) is 26.7 Å². The average molecular weight is 393 g/mol. The molecule has 1 aromatic rings. The maximum atomic E-state index is 13.3. The van der Waals surface area contributed by atoms with Crippen molar-refractivity contribution >= 4 is 5.97 Å². The van der Waals surface area contributed by atoms with Gasteiger partial charge in [0.15, 0.2) is 6.04 Å². The first-order chi connectivity index (χ1) is 12.5. The number of alkyl halides is 4. The van der Waals surface area contributed by atoms with Gasteiger partial charge in [-0.15, -0.1) is 0 Å². The summed E-state index contributed by atoms with van der Waals surface area (Å²) in [6.07, 6.45) is -5.59. The number of likely N-dealkylation sites (tertiary alicyclic amines) is 1. The molecule has 0 unspecified atom stereocenters. The SMILES string of the molecule is COC(=O)[C@H](CC(C)C)n1nc(CCN2CC(F)C2)cc(C(F)(F)F)c1=O. The number of methoxy groups -OCH3 is 1. The highest BCUT2D eigenvalue weighted by Gasteiger charge is 2.37. The van der Waals surface area contributed by atoms with Crippen molar-refractivity contribution in [2.24, 2.45) is 5.92 Å². The van der Waals surface area contributed by atoms with Crippen molar-refractivity contribution in [1.82, 2.24) is 14.7 Å². The van der Waals surface area contributed by atoms with Crippen LogP contribution in [-0.2, 0) is 22.1 Å². The van der Waals surface area contributed by atoms with Crippen molar-refractivity contribution < 1.29 is 27.1 Å². The smallest absolute Gasteiger partial charge is 0.421 e. The predicted octanol–water partition coefficient (Wildman–Crippen LogP) is 2.22. The molecule has 1 fully saturated rings. The van der Waals surface area contributed by atoms with Gasteiger partial charge in [0.05, 0.1) is 12.8 Å². The minimum atomic E-state index is -4.88. The summed E-state index contributed by atoms with van der Waals surface area (Å²) in [5, 5.41) is 4.00. The van der Waals surface area contributed by atoms with Gasteiger partial charge in [0.1, 0.15) is 11.7 Å². The molecule has 0 aliphatic carbocycles. The summed E-state index contributed by atoms with van der Waals surface area (Å²) in [4.78, 5) is 26.2. The molecule has 0 amide bonds. The van der Waals surface area contributed by atoms with Gasteiger partial charge in [-0.2, -0.15) is 18.3 Å². The zero-order chi connectivity index (χ0) is 20.4. The molecule has 0 bridgehead atoms. The van der Waals surface area contributed by atoms with E-state index < -0.39 is 35.5 Å². The largest absolute Gasteiger partial charge is 0.467 e. The monoisotopic (exact) mass is 393 g/mol.